The fraction of sp³-hybridized carbons (Fsp3) is 0.364. The third-order valence-electron chi connectivity index (χ3n) is 2.31. The number of halogens is 1. The van der Waals surface area contributed by atoms with Crippen LogP contribution in [-0.2, 0) is 16.1 Å². The topological polar surface area (TPSA) is 42.1 Å². The Kier molecular flexibility index (Phi) is 3.05. The molecule has 1 amide bonds. The lowest BCUT2D eigenvalue weighted by Gasteiger charge is -2.13. The number of benzene rings is 1. The van der Waals surface area contributed by atoms with Gasteiger partial charge < -0.3 is 9.47 Å². The highest BCUT2D eigenvalue weighted by Crippen LogP contribution is 2.14. The van der Waals surface area contributed by atoms with Gasteiger partial charge in [-0.15, -0.1) is 0 Å². The Morgan fingerprint density at radius 2 is 2.19 bits per heavy atom. The summed E-state index contributed by atoms with van der Waals surface area (Å²) in [6.45, 7) is 0.693. The first-order chi connectivity index (χ1) is 7.66. The molecular formula is C11H12FNO3. The molecule has 0 bridgehead atoms. The summed E-state index contributed by atoms with van der Waals surface area (Å²) >= 11 is 0. The van der Waals surface area contributed by atoms with Crippen LogP contribution in [-0.4, -0.2) is 30.9 Å². The second-order valence-corrected chi connectivity index (χ2v) is 3.58. The Bertz CT molecular complexity index is 375. The molecule has 1 heterocycles. The molecule has 1 fully saturated rings. The molecule has 0 aromatic heterocycles. The molecule has 1 atom stereocenters. The van der Waals surface area contributed by atoms with Crippen LogP contribution in [0.5, 0.6) is 0 Å². The first-order valence-electron chi connectivity index (χ1n) is 4.92. The Labute approximate surface area is 92.6 Å². The Morgan fingerprint density at radius 3 is 2.75 bits per heavy atom. The maximum Gasteiger partial charge on any atom is 0.411 e. The average Bonchev–Trinajstić information content (AvgIpc) is 3.11. The Hall–Kier alpha value is -1.62. The molecule has 2 rings (SSSR count). The average molecular weight is 225 g/mol. The summed E-state index contributed by atoms with van der Waals surface area (Å²) in [5.41, 5.74) is 0.750. The molecular weight excluding hydrogens is 213 g/mol. The number of likely N-dealkylation sites (N-methyl/N-ethyl adjacent to an activating group) is 1. The first-order valence-corrected chi connectivity index (χ1v) is 4.92. The van der Waals surface area contributed by atoms with Crippen molar-refractivity contribution in [3.8, 4) is 0 Å². The van der Waals surface area contributed by atoms with Gasteiger partial charge >= 0.3 is 6.09 Å². The maximum atomic E-state index is 12.6. The van der Waals surface area contributed by atoms with Gasteiger partial charge in [0.1, 0.15) is 12.4 Å². The van der Waals surface area contributed by atoms with E-state index >= 15 is 0 Å². The molecule has 1 unspecified atom stereocenters. The van der Waals surface area contributed by atoms with Crippen molar-refractivity contribution in [3.05, 3.63) is 35.6 Å². The van der Waals surface area contributed by atoms with Gasteiger partial charge in [-0.1, -0.05) is 12.1 Å². The zero-order valence-electron chi connectivity index (χ0n) is 8.85. The van der Waals surface area contributed by atoms with Crippen LogP contribution in [0.25, 0.3) is 0 Å². The van der Waals surface area contributed by atoms with Gasteiger partial charge in [-0.05, 0) is 17.7 Å². The van der Waals surface area contributed by atoms with Crippen LogP contribution in [0.4, 0.5) is 9.18 Å². The summed E-state index contributed by atoms with van der Waals surface area (Å²) in [6, 6.07) is 5.82. The second kappa shape index (κ2) is 4.49. The largest absolute Gasteiger partial charge is 0.444 e. The van der Waals surface area contributed by atoms with Crippen LogP contribution < -0.4 is 0 Å². The van der Waals surface area contributed by atoms with Crippen molar-refractivity contribution in [2.24, 2.45) is 0 Å². The number of amides is 1. The number of hydrogen-bond donors (Lipinski definition) is 0. The van der Waals surface area contributed by atoms with Crippen molar-refractivity contribution in [1.29, 1.82) is 0 Å². The van der Waals surface area contributed by atoms with Crippen molar-refractivity contribution in [3.63, 3.8) is 0 Å². The van der Waals surface area contributed by atoms with Crippen molar-refractivity contribution >= 4 is 6.09 Å². The van der Waals surface area contributed by atoms with Crippen molar-refractivity contribution < 1.29 is 18.7 Å². The van der Waals surface area contributed by atoms with E-state index in [0.29, 0.717) is 6.61 Å². The van der Waals surface area contributed by atoms with E-state index in [0.717, 1.165) is 5.56 Å². The van der Waals surface area contributed by atoms with Crippen LogP contribution in [0, 0.1) is 5.82 Å². The minimum Gasteiger partial charge on any atom is -0.444 e. The number of carbonyl (C=O) groups is 1. The predicted molar refractivity (Wildman–Crippen MR) is 54.1 cm³/mol. The monoisotopic (exact) mass is 225 g/mol. The SMILES string of the molecule is CN(C(=O)OCc1ccc(F)cc1)C1CO1. The predicted octanol–water partition coefficient (Wildman–Crippen LogP) is 1.75. The maximum absolute atomic E-state index is 12.6. The smallest absolute Gasteiger partial charge is 0.411 e. The fourth-order valence-corrected chi connectivity index (χ4v) is 1.21. The summed E-state index contributed by atoms with van der Waals surface area (Å²) in [4.78, 5) is 12.8. The lowest BCUT2D eigenvalue weighted by Crippen LogP contribution is -2.30. The highest BCUT2D eigenvalue weighted by Gasteiger charge is 2.31. The minimum absolute atomic E-state index is 0.135. The number of hydrogen-bond acceptors (Lipinski definition) is 3. The van der Waals surface area contributed by atoms with Gasteiger partial charge in [0.15, 0.2) is 6.23 Å². The summed E-state index contributed by atoms with van der Waals surface area (Å²) in [5, 5.41) is 0. The fourth-order valence-electron chi connectivity index (χ4n) is 1.21. The van der Waals surface area contributed by atoms with E-state index in [-0.39, 0.29) is 18.7 Å². The molecule has 1 aliphatic rings. The molecule has 0 aliphatic carbocycles. The Morgan fingerprint density at radius 1 is 1.56 bits per heavy atom. The molecule has 0 radical (unpaired) electrons. The molecule has 0 spiro atoms. The molecule has 1 aliphatic heterocycles. The molecule has 0 saturated carbocycles. The van der Waals surface area contributed by atoms with Crippen LogP contribution in [0.2, 0.25) is 0 Å². The van der Waals surface area contributed by atoms with Gasteiger partial charge in [-0.2, -0.15) is 0 Å². The third-order valence-corrected chi connectivity index (χ3v) is 2.31. The molecule has 0 N–H and O–H groups in total. The molecule has 4 nitrogen and oxygen atoms in total. The van der Waals surface area contributed by atoms with E-state index < -0.39 is 6.09 Å². The van der Waals surface area contributed by atoms with Gasteiger partial charge in [-0.3, -0.25) is 4.90 Å². The van der Waals surface area contributed by atoms with E-state index in [1.807, 2.05) is 0 Å². The number of epoxide rings is 1. The number of rotatable bonds is 3. The third kappa shape index (κ3) is 2.70. The van der Waals surface area contributed by atoms with Gasteiger partial charge in [0, 0.05) is 7.05 Å². The second-order valence-electron chi connectivity index (χ2n) is 3.58. The van der Waals surface area contributed by atoms with Crippen LogP contribution in [0.3, 0.4) is 0 Å². The summed E-state index contributed by atoms with van der Waals surface area (Å²) < 4.78 is 22.5. The summed E-state index contributed by atoms with van der Waals surface area (Å²) in [5.74, 6) is -0.307. The van der Waals surface area contributed by atoms with Crippen molar-refractivity contribution in [2.45, 2.75) is 12.8 Å². The molecule has 1 aromatic carbocycles. The van der Waals surface area contributed by atoms with E-state index in [2.05, 4.69) is 0 Å². The van der Waals surface area contributed by atoms with Crippen LogP contribution in [0.1, 0.15) is 5.56 Å². The van der Waals surface area contributed by atoms with E-state index in [9.17, 15) is 9.18 Å². The zero-order valence-corrected chi connectivity index (χ0v) is 8.85. The molecule has 16 heavy (non-hydrogen) atoms. The standard InChI is InChI=1S/C11H12FNO3/c1-13(10-7-15-10)11(14)16-6-8-2-4-9(12)5-3-8/h2-5,10H,6-7H2,1H3. The van der Waals surface area contributed by atoms with Gasteiger partial charge in [0.2, 0.25) is 0 Å². The number of carbonyl (C=O) groups excluding carboxylic acids is 1. The molecule has 1 aromatic rings. The first kappa shape index (κ1) is 10.9. The highest BCUT2D eigenvalue weighted by atomic mass is 19.1. The van der Waals surface area contributed by atoms with Gasteiger partial charge in [0.25, 0.3) is 0 Å². The van der Waals surface area contributed by atoms with Crippen molar-refractivity contribution in [2.75, 3.05) is 13.7 Å². The van der Waals surface area contributed by atoms with Crippen LogP contribution in [0.15, 0.2) is 24.3 Å². The van der Waals surface area contributed by atoms with Gasteiger partial charge in [-0.25, -0.2) is 9.18 Å². The zero-order chi connectivity index (χ0) is 11.5. The normalized spacial score (nSPS) is 18.0. The van der Waals surface area contributed by atoms with Gasteiger partial charge in [0.05, 0.1) is 6.61 Å². The summed E-state index contributed by atoms with van der Waals surface area (Å²) in [7, 11) is 1.62. The highest BCUT2D eigenvalue weighted by molar-refractivity contribution is 5.67. The Balaban J connectivity index is 1.82. The van der Waals surface area contributed by atoms with E-state index in [1.54, 1.807) is 19.2 Å². The quantitative estimate of drug-likeness (QED) is 0.736. The lowest BCUT2D eigenvalue weighted by atomic mass is 10.2. The van der Waals surface area contributed by atoms with E-state index in [4.69, 9.17) is 9.47 Å². The van der Waals surface area contributed by atoms with E-state index in [1.165, 1.54) is 17.0 Å². The molecule has 1 saturated heterocycles. The lowest BCUT2D eigenvalue weighted by molar-refractivity contribution is 0.0893. The number of ether oxygens (including phenoxy) is 2. The number of nitrogens with zero attached hydrogens (tertiary/aromatic N) is 1. The molecule has 86 valence electrons. The minimum atomic E-state index is -0.438. The molecule has 5 heteroatoms. The van der Waals surface area contributed by atoms with Crippen LogP contribution >= 0.6 is 0 Å². The van der Waals surface area contributed by atoms with Crippen molar-refractivity contribution in [1.82, 2.24) is 4.90 Å². The summed E-state index contributed by atoms with van der Waals surface area (Å²) in [6.07, 6.45) is -0.590.